The third kappa shape index (κ3) is 1.63. The van der Waals surface area contributed by atoms with Crippen molar-refractivity contribution >= 4 is 40.1 Å². The van der Waals surface area contributed by atoms with E-state index in [1.165, 1.54) is 4.90 Å². The Labute approximate surface area is 134 Å². The van der Waals surface area contributed by atoms with Gasteiger partial charge in [0.15, 0.2) is 0 Å². The van der Waals surface area contributed by atoms with Crippen molar-refractivity contribution in [3.05, 3.63) is 40.0 Å². The largest absolute Gasteiger partial charge is 0.393 e. The molecule has 2 saturated heterocycles. The Balaban J connectivity index is 1.77. The number of carbonyl (C=O) groups excluding carboxylic acids is 2. The zero-order chi connectivity index (χ0) is 14.8. The second kappa shape index (κ2) is 4.37. The van der Waals surface area contributed by atoms with E-state index in [9.17, 15) is 14.7 Å². The molecule has 2 fully saturated rings. The van der Waals surface area contributed by atoms with Crippen molar-refractivity contribution in [1.29, 1.82) is 0 Å². The number of rotatable bonds is 2. The van der Waals surface area contributed by atoms with E-state index in [2.05, 4.69) is 22.6 Å². The first-order valence-corrected chi connectivity index (χ1v) is 7.77. The predicted molar refractivity (Wildman–Crippen MR) is 82.5 cm³/mol. The van der Waals surface area contributed by atoms with Crippen LogP contribution in [-0.2, 0) is 14.3 Å². The molecule has 0 saturated carbocycles. The molecule has 4 rings (SSSR count). The number of aliphatic hydroxyl groups excluding tert-OH is 1. The molecule has 3 aliphatic rings. The van der Waals surface area contributed by atoms with E-state index in [1.54, 1.807) is 24.3 Å². The van der Waals surface area contributed by atoms with Crippen LogP contribution in [0.5, 0.6) is 0 Å². The van der Waals surface area contributed by atoms with Crippen LogP contribution in [0, 0.1) is 15.4 Å². The molecule has 0 unspecified atom stereocenters. The van der Waals surface area contributed by atoms with Gasteiger partial charge in [-0.25, -0.2) is 4.90 Å². The van der Waals surface area contributed by atoms with Crippen LogP contribution in [0.2, 0.25) is 0 Å². The molecule has 1 aromatic carbocycles. The molecule has 3 heterocycles. The number of fused-ring (bicyclic) bond motifs is 5. The van der Waals surface area contributed by atoms with Gasteiger partial charge in [0.25, 0.3) is 0 Å². The lowest BCUT2D eigenvalue weighted by Gasteiger charge is -2.26. The van der Waals surface area contributed by atoms with Crippen molar-refractivity contribution in [2.45, 2.75) is 11.7 Å². The number of aliphatic hydroxyl groups is 1. The highest BCUT2D eigenvalue weighted by atomic mass is 127. The van der Waals surface area contributed by atoms with Crippen molar-refractivity contribution in [2.75, 3.05) is 11.5 Å². The molecule has 6 heteroatoms. The van der Waals surface area contributed by atoms with Crippen LogP contribution in [0.4, 0.5) is 5.69 Å². The van der Waals surface area contributed by atoms with Crippen LogP contribution < -0.4 is 4.90 Å². The van der Waals surface area contributed by atoms with E-state index in [0.29, 0.717) is 5.69 Å². The molecule has 0 radical (unpaired) electrons. The topological polar surface area (TPSA) is 66.8 Å². The molecule has 2 bridgehead atoms. The van der Waals surface area contributed by atoms with Gasteiger partial charge in [-0.1, -0.05) is 12.2 Å². The highest BCUT2D eigenvalue weighted by molar-refractivity contribution is 14.1. The average molecular weight is 397 g/mol. The third-order valence-corrected chi connectivity index (χ3v) is 5.21. The van der Waals surface area contributed by atoms with Gasteiger partial charge < -0.3 is 9.84 Å². The fraction of sp³-hybridized carbons (Fsp3) is 0.333. The van der Waals surface area contributed by atoms with Gasteiger partial charge >= 0.3 is 0 Å². The van der Waals surface area contributed by atoms with Crippen LogP contribution in [0.1, 0.15) is 0 Å². The predicted octanol–water partition coefficient (Wildman–Crippen LogP) is 1.10. The van der Waals surface area contributed by atoms with Gasteiger partial charge in [-0.2, -0.15) is 0 Å². The molecule has 1 N–H and O–H groups in total. The number of amides is 2. The minimum atomic E-state index is -1.03. The minimum Gasteiger partial charge on any atom is -0.393 e. The number of imide groups is 1. The maximum atomic E-state index is 12.7. The monoisotopic (exact) mass is 397 g/mol. The van der Waals surface area contributed by atoms with E-state index < -0.39 is 23.5 Å². The molecule has 21 heavy (non-hydrogen) atoms. The molecule has 5 nitrogen and oxygen atoms in total. The molecule has 108 valence electrons. The third-order valence-electron chi connectivity index (χ3n) is 4.49. The summed E-state index contributed by atoms with van der Waals surface area (Å²) >= 11 is 2.17. The van der Waals surface area contributed by atoms with Crippen molar-refractivity contribution in [2.24, 2.45) is 11.8 Å². The molecule has 2 amide bonds. The van der Waals surface area contributed by atoms with Gasteiger partial charge in [0, 0.05) is 3.57 Å². The Bertz CT molecular complexity index is 671. The number of hydrogen-bond donors (Lipinski definition) is 1. The van der Waals surface area contributed by atoms with Crippen LogP contribution in [0.25, 0.3) is 0 Å². The number of ether oxygens (including phenoxy) is 1. The average Bonchev–Trinajstić information content (AvgIpc) is 3.12. The van der Waals surface area contributed by atoms with Gasteiger partial charge in [-0.15, -0.1) is 0 Å². The fourth-order valence-corrected chi connectivity index (χ4v) is 3.89. The lowest BCUT2D eigenvalue weighted by molar-refractivity contribution is -0.128. The van der Waals surface area contributed by atoms with Crippen molar-refractivity contribution < 1.29 is 19.4 Å². The lowest BCUT2D eigenvalue weighted by atomic mass is 9.77. The zero-order valence-electron chi connectivity index (χ0n) is 10.9. The number of nitrogens with zero attached hydrogens (tertiary/aromatic N) is 1. The summed E-state index contributed by atoms with van der Waals surface area (Å²) in [5.41, 5.74) is -0.452. The van der Waals surface area contributed by atoms with E-state index in [1.807, 2.05) is 12.1 Å². The van der Waals surface area contributed by atoms with E-state index in [0.717, 1.165) is 3.57 Å². The molecular formula is C15H12INO4. The first-order chi connectivity index (χ1) is 10.1. The lowest BCUT2D eigenvalue weighted by Crippen LogP contribution is -2.43. The van der Waals surface area contributed by atoms with Gasteiger partial charge in [0.05, 0.1) is 30.2 Å². The highest BCUT2D eigenvalue weighted by Gasteiger charge is 2.67. The van der Waals surface area contributed by atoms with Gasteiger partial charge in [-0.05, 0) is 46.9 Å². The van der Waals surface area contributed by atoms with E-state index in [4.69, 9.17) is 4.74 Å². The van der Waals surface area contributed by atoms with Crippen LogP contribution in [0.3, 0.4) is 0 Å². The summed E-state index contributed by atoms with van der Waals surface area (Å²) in [7, 11) is 0. The molecule has 3 aliphatic heterocycles. The second-order valence-corrected chi connectivity index (χ2v) is 6.79. The molecule has 0 spiro atoms. The fourth-order valence-electron chi connectivity index (χ4n) is 3.53. The SMILES string of the molecule is O=C1[C@H]2[C@@H](C(=O)N1c1ccc(I)cc1)[C@@]1(CO)C=C[C@H]2O1. The number of hydrogen-bond acceptors (Lipinski definition) is 4. The van der Waals surface area contributed by atoms with Gasteiger partial charge in [0.1, 0.15) is 5.60 Å². The Morgan fingerprint density at radius 3 is 2.62 bits per heavy atom. The van der Waals surface area contributed by atoms with Crippen LogP contribution in [-0.4, -0.2) is 35.2 Å². The standard InChI is InChI=1S/C15H12INO4/c16-8-1-3-9(4-2-8)17-13(19)11-10-5-6-15(7-18,21-10)12(11)14(17)20/h1-6,10-12,18H,7H2/t10-,11-,12+,15+/m1/s1. The van der Waals surface area contributed by atoms with Gasteiger partial charge in [0.2, 0.25) is 11.8 Å². The molecule has 4 atom stereocenters. The normalized spacial score (nSPS) is 36.7. The zero-order valence-corrected chi connectivity index (χ0v) is 13.1. The van der Waals surface area contributed by atoms with Crippen molar-refractivity contribution in [3.63, 3.8) is 0 Å². The van der Waals surface area contributed by atoms with Crippen molar-refractivity contribution in [3.8, 4) is 0 Å². The summed E-state index contributed by atoms with van der Waals surface area (Å²) in [6.07, 6.45) is 3.09. The Morgan fingerprint density at radius 1 is 1.24 bits per heavy atom. The summed E-state index contributed by atoms with van der Waals surface area (Å²) < 4.78 is 6.72. The summed E-state index contributed by atoms with van der Waals surface area (Å²) in [4.78, 5) is 26.6. The smallest absolute Gasteiger partial charge is 0.241 e. The second-order valence-electron chi connectivity index (χ2n) is 5.55. The first kappa shape index (κ1) is 13.4. The van der Waals surface area contributed by atoms with Crippen molar-refractivity contribution in [1.82, 2.24) is 0 Å². The Morgan fingerprint density at radius 2 is 1.95 bits per heavy atom. The Kier molecular flexibility index (Phi) is 2.79. The summed E-state index contributed by atoms with van der Waals surface area (Å²) in [6.45, 7) is -0.291. The number of halogens is 1. The summed E-state index contributed by atoms with van der Waals surface area (Å²) in [6, 6.07) is 7.24. The van der Waals surface area contributed by atoms with Gasteiger partial charge in [-0.3, -0.25) is 9.59 Å². The maximum absolute atomic E-state index is 12.7. The van der Waals surface area contributed by atoms with E-state index >= 15 is 0 Å². The molecule has 0 aromatic heterocycles. The van der Waals surface area contributed by atoms with E-state index in [-0.39, 0.29) is 18.4 Å². The first-order valence-electron chi connectivity index (χ1n) is 6.69. The quantitative estimate of drug-likeness (QED) is 0.461. The van der Waals surface area contributed by atoms with Crippen LogP contribution >= 0.6 is 22.6 Å². The number of anilines is 1. The molecular weight excluding hydrogens is 385 g/mol. The minimum absolute atomic E-state index is 0.240. The Hall–Kier alpha value is -1.25. The summed E-state index contributed by atoms with van der Waals surface area (Å²) in [5, 5.41) is 9.63. The summed E-state index contributed by atoms with van der Waals surface area (Å²) in [5.74, 6) is -1.67. The molecule has 1 aromatic rings. The number of benzene rings is 1. The maximum Gasteiger partial charge on any atom is 0.241 e. The van der Waals surface area contributed by atoms with Crippen LogP contribution in [0.15, 0.2) is 36.4 Å². The molecule has 0 aliphatic carbocycles. The highest BCUT2D eigenvalue weighted by Crippen LogP contribution is 2.52. The number of carbonyl (C=O) groups is 2.